The SMILES string of the molecule is Nc1onc(-c2cc(Cl)sc2Cl)c1-c1cccc(Cl)c1F. The lowest BCUT2D eigenvalue weighted by Crippen LogP contribution is -1.91. The van der Waals surface area contributed by atoms with E-state index in [1.165, 1.54) is 23.5 Å². The minimum atomic E-state index is -0.604. The van der Waals surface area contributed by atoms with Gasteiger partial charge < -0.3 is 10.3 Å². The van der Waals surface area contributed by atoms with Crippen LogP contribution in [0.2, 0.25) is 13.7 Å². The summed E-state index contributed by atoms with van der Waals surface area (Å²) in [5.74, 6) is -0.627. The van der Waals surface area contributed by atoms with E-state index in [1.807, 2.05) is 0 Å². The second-order valence-electron chi connectivity index (χ2n) is 4.11. The number of thiophene rings is 1. The van der Waals surface area contributed by atoms with Crippen molar-refractivity contribution < 1.29 is 8.91 Å². The van der Waals surface area contributed by atoms with Crippen LogP contribution in [-0.2, 0) is 0 Å². The maximum Gasteiger partial charge on any atom is 0.230 e. The van der Waals surface area contributed by atoms with Crippen LogP contribution in [0.5, 0.6) is 0 Å². The van der Waals surface area contributed by atoms with E-state index in [-0.39, 0.29) is 16.5 Å². The summed E-state index contributed by atoms with van der Waals surface area (Å²) in [6, 6.07) is 6.21. The third-order valence-corrected chi connectivity index (χ3v) is 4.63. The van der Waals surface area contributed by atoms with Gasteiger partial charge in [0, 0.05) is 11.1 Å². The summed E-state index contributed by atoms with van der Waals surface area (Å²) in [5, 5.41) is 3.84. The van der Waals surface area contributed by atoms with Crippen molar-refractivity contribution in [2.45, 2.75) is 0 Å². The molecule has 1 aromatic carbocycles. The highest BCUT2D eigenvalue weighted by molar-refractivity contribution is 7.20. The van der Waals surface area contributed by atoms with E-state index in [9.17, 15) is 4.39 Å². The molecule has 108 valence electrons. The molecule has 0 bridgehead atoms. The van der Waals surface area contributed by atoms with Gasteiger partial charge >= 0.3 is 0 Å². The number of hydrogen-bond donors (Lipinski definition) is 1. The van der Waals surface area contributed by atoms with Crippen LogP contribution in [-0.4, -0.2) is 5.16 Å². The fraction of sp³-hybridized carbons (Fsp3) is 0. The third-order valence-electron chi connectivity index (χ3n) is 2.85. The number of hydrogen-bond acceptors (Lipinski definition) is 4. The number of aromatic nitrogens is 1. The summed E-state index contributed by atoms with van der Waals surface area (Å²) < 4.78 is 20.1. The van der Waals surface area contributed by atoms with Gasteiger partial charge in [0.05, 0.1) is 14.9 Å². The molecule has 0 aliphatic carbocycles. The molecule has 0 saturated carbocycles. The smallest absolute Gasteiger partial charge is 0.230 e. The van der Waals surface area contributed by atoms with Gasteiger partial charge in [-0.15, -0.1) is 11.3 Å². The van der Waals surface area contributed by atoms with Crippen LogP contribution in [0.25, 0.3) is 22.4 Å². The van der Waals surface area contributed by atoms with Crippen LogP contribution in [0, 0.1) is 5.82 Å². The molecular weight excluding hydrogens is 358 g/mol. The lowest BCUT2D eigenvalue weighted by molar-refractivity contribution is 0.439. The standard InChI is InChI=1S/C13H6Cl3FN2OS/c14-7-3-1-2-5(10(7)17)9-11(19-20-13(9)18)6-4-8(15)21-12(6)16/h1-4H,18H2. The van der Waals surface area contributed by atoms with Gasteiger partial charge in [0.2, 0.25) is 5.88 Å². The Hall–Kier alpha value is -1.27. The second-order valence-corrected chi connectivity index (χ2v) is 6.80. The lowest BCUT2D eigenvalue weighted by Gasteiger charge is -2.04. The summed E-state index contributed by atoms with van der Waals surface area (Å²) in [6.07, 6.45) is 0. The van der Waals surface area contributed by atoms with Gasteiger partial charge in [-0.1, -0.05) is 52.1 Å². The highest BCUT2D eigenvalue weighted by atomic mass is 35.5. The summed E-state index contributed by atoms with van der Waals surface area (Å²) in [7, 11) is 0. The molecule has 0 fully saturated rings. The Balaban J connectivity index is 2.27. The Morgan fingerprint density at radius 1 is 1.19 bits per heavy atom. The summed E-state index contributed by atoms with van der Waals surface area (Å²) in [4.78, 5) is 0. The Morgan fingerprint density at radius 3 is 2.62 bits per heavy atom. The van der Waals surface area contributed by atoms with Gasteiger partial charge in [0.15, 0.2) is 0 Å². The van der Waals surface area contributed by atoms with E-state index in [1.54, 1.807) is 12.1 Å². The number of rotatable bonds is 2. The van der Waals surface area contributed by atoms with Crippen LogP contribution in [0.15, 0.2) is 28.8 Å². The molecule has 0 unspecified atom stereocenters. The van der Waals surface area contributed by atoms with Crippen LogP contribution in [0.3, 0.4) is 0 Å². The summed E-state index contributed by atoms with van der Waals surface area (Å²) in [5.41, 5.74) is 7.11. The van der Waals surface area contributed by atoms with Crippen molar-refractivity contribution in [3.8, 4) is 22.4 Å². The van der Waals surface area contributed by atoms with Crippen molar-refractivity contribution in [1.82, 2.24) is 5.16 Å². The van der Waals surface area contributed by atoms with Gasteiger partial charge in [0.1, 0.15) is 15.8 Å². The molecule has 3 aromatic rings. The maximum atomic E-state index is 14.2. The third kappa shape index (κ3) is 2.51. The first-order valence-electron chi connectivity index (χ1n) is 5.63. The number of nitrogens with two attached hydrogens (primary N) is 1. The molecule has 0 amide bonds. The zero-order chi connectivity index (χ0) is 15.1. The molecule has 0 atom stereocenters. The molecule has 21 heavy (non-hydrogen) atoms. The van der Waals surface area contributed by atoms with Crippen molar-refractivity contribution in [1.29, 1.82) is 0 Å². The Bertz CT molecular complexity index is 831. The Morgan fingerprint density at radius 2 is 1.95 bits per heavy atom. The largest absolute Gasteiger partial charge is 0.367 e. The molecule has 0 saturated heterocycles. The first kappa shape index (κ1) is 14.7. The highest BCUT2D eigenvalue weighted by Crippen LogP contribution is 2.44. The zero-order valence-corrected chi connectivity index (χ0v) is 13.2. The average molecular weight is 364 g/mol. The predicted octanol–water partition coefficient (Wildman–Crippen LogP) is 5.75. The topological polar surface area (TPSA) is 52.0 Å². The van der Waals surface area contributed by atoms with Gasteiger partial charge in [-0.3, -0.25) is 0 Å². The van der Waals surface area contributed by atoms with Crippen molar-refractivity contribution in [2.24, 2.45) is 0 Å². The fourth-order valence-electron chi connectivity index (χ4n) is 1.95. The van der Waals surface area contributed by atoms with Crippen molar-refractivity contribution in [3.63, 3.8) is 0 Å². The first-order chi connectivity index (χ1) is 9.99. The molecule has 0 aliphatic rings. The Kier molecular flexibility index (Phi) is 3.84. The average Bonchev–Trinajstić information content (AvgIpc) is 2.96. The zero-order valence-electron chi connectivity index (χ0n) is 10.2. The van der Waals surface area contributed by atoms with Gasteiger partial charge in [0.25, 0.3) is 0 Å². The first-order valence-corrected chi connectivity index (χ1v) is 7.58. The van der Waals surface area contributed by atoms with Crippen molar-refractivity contribution in [2.75, 3.05) is 5.73 Å². The molecule has 2 N–H and O–H groups in total. The van der Waals surface area contributed by atoms with Gasteiger partial charge in [-0.05, 0) is 12.1 Å². The predicted molar refractivity (Wildman–Crippen MR) is 84.7 cm³/mol. The van der Waals surface area contributed by atoms with Crippen LogP contribution >= 0.6 is 46.1 Å². The van der Waals surface area contributed by atoms with Crippen molar-refractivity contribution >= 4 is 52.0 Å². The molecule has 3 nitrogen and oxygen atoms in total. The van der Waals surface area contributed by atoms with E-state index in [2.05, 4.69) is 5.16 Å². The van der Waals surface area contributed by atoms with E-state index in [0.29, 0.717) is 25.5 Å². The Labute approximate surface area is 138 Å². The van der Waals surface area contributed by atoms with E-state index in [4.69, 9.17) is 45.1 Å². The quantitative estimate of drug-likeness (QED) is 0.630. The van der Waals surface area contributed by atoms with E-state index < -0.39 is 5.82 Å². The van der Waals surface area contributed by atoms with Gasteiger partial charge in [-0.25, -0.2) is 4.39 Å². The number of halogens is 4. The summed E-state index contributed by atoms with van der Waals surface area (Å²) in [6.45, 7) is 0. The molecule has 3 rings (SSSR count). The van der Waals surface area contributed by atoms with Crippen LogP contribution in [0.1, 0.15) is 0 Å². The molecule has 2 heterocycles. The summed E-state index contributed by atoms with van der Waals surface area (Å²) >= 11 is 19.0. The minimum Gasteiger partial charge on any atom is -0.367 e. The maximum absolute atomic E-state index is 14.2. The lowest BCUT2D eigenvalue weighted by atomic mass is 10.0. The molecule has 2 aromatic heterocycles. The number of benzene rings is 1. The molecule has 8 heteroatoms. The molecular formula is C13H6Cl3FN2OS. The second kappa shape index (κ2) is 5.50. The fourth-order valence-corrected chi connectivity index (χ4v) is 3.59. The van der Waals surface area contributed by atoms with Crippen LogP contribution in [0.4, 0.5) is 10.3 Å². The monoisotopic (exact) mass is 362 g/mol. The number of nitrogens with zero attached hydrogens (tertiary/aromatic N) is 1. The minimum absolute atomic E-state index is 0.0199. The molecule has 0 spiro atoms. The van der Waals surface area contributed by atoms with E-state index in [0.717, 1.165) is 0 Å². The van der Waals surface area contributed by atoms with Crippen molar-refractivity contribution in [3.05, 3.63) is 43.8 Å². The van der Waals surface area contributed by atoms with E-state index >= 15 is 0 Å². The van der Waals surface area contributed by atoms with Gasteiger partial charge in [-0.2, -0.15) is 0 Å². The number of anilines is 1. The van der Waals surface area contributed by atoms with Crippen LogP contribution < -0.4 is 5.73 Å². The molecule has 0 radical (unpaired) electrons. The number of nitrogen functional groups attached to an aromatic ring is 1. The normalized spacial score (nSPS) is 11.0. The highest BCUT2D eigenvalue weighted by Gasteiger charge is 2.24. The molecule has 0 aliphatic heterocycles.